The highest BCUT2D eigenvalue weighted by atomic mass is 35.5. The molecular formula is C32H30Cl2F3N3O. The predicted octanol–water partition coefficient (Wildman–Crippen LogP) is 8.71. The molecule has 3 aromatic carbocycles. The summed E-state index contributed by atoms with van der Waals surface area (Å²) in [6.07, 6.45) is 7.36. The molecular weight excluding hydrogens is 570 g/mol. The van der Waals surface area contributed by atoms with E-state index in [1.54, 1.807) is 24.5 Å². The molecule has 1 aromatic heterocycles. The van der Waals surface area contributed by atoms with Gasteiger partial charge in [-0.05, 0) is 72.4 Å². The largest absolute Gasteiger partial charge is 0.416 e. The van der Waals surface area contributed by atoms with Gasteiger partial charge in [0.2, 0.25) is 5.91 Å². The molecule has 0 bridgehead atoms. The third-order valence-corrected chi connectivity index (χ3v) is 6.87. The molecule has 0 unspecified atom stereocenters. The second-order valence-corrected chi connectivity index (χ2v) is 9.50. The molecule has 9 heteroatoms. The van der Waals surface area contributed by atoms with Crippen molar-refractivity contribution in [3.63, 3.8) is 0 Å². The second-order valence-electron chi connectivity index (χ2n) is 9.50. The van der Waals surface area contributed by atoms with Crippen molar-refractivity contribution in [1.82, 2.24) is 4.98 Å². The van der Waals surface area contributed by atoms with Crippen LogP contribution in [0.2, 0.25) is 0 Å². The van der Waals surface area contributed by atoms with Crippen molar-refractivity contribution in [2.75, 3.05) is 23.3 Å². The van der Waals surface area contributed by atoms with Gasteiger partial charge in [0.1, 0.15) is 0 Å². The maximum absolute atomic E-state index is 13.2. The van der Waals surface area contributed by atoms with Crippen LogP contribution in [-0.2, 0) is 11.0 Å². The molecule has 2 heterocycles. The molecule has 1 fully saturated rings. The van der Waals surface area contributed by atoms with Gasteiger partial charge in [-0.25, -0.2) is 0 Å². The zero-order chi connectivity index (χ0) is 27.2. The van der Waals surface area contributed by atoms with E-state index >= 15 is 0 Å². The number of alkyl halides is 3. The van der Waals surface area contributed by atoms with Gasteiger partial charge in [0, 0.05) is 53.7 Å². The fraction of sp³-hybridized carbons (Fsp3) is 0.188. The second kappa shape index (κ2) is 14.2. The summed E-state index contributed by atoms with van der Waals surface area (Å²) in [5.74, 6) is -0.317. The third-order valence-electron chi connectivity index (χ3n) is 6.87. The molecule has 4 aromatic rings. The highest BCUT2D eigenvalue weighted by Gasteiger charge is 2.30. The summed E-state index contributed by atoms with van der Waals surface area (Å²) in [6.45, 7) is 2.04. The SMILES string of the molecule is Cl.Cl.O=C(/C=C/C=C(/c1ccc(N2CCCCC2)cc1)c1ccc(C(F)(F)F)cc1)Nc1cccc2cnccc12. The Morgan fingerprint density at radius 2 is 1.51 bits per heavy atom. The van der Waals surface area contributed by atoms with E-state index in [-0.39, 0.29) is 30.7 Å². The zero-order valence-electron chi connectivity index (χ0n) is 22.1. The number of nitrogens with one attached hydrogen (secondary N) is 1. The summed E-state index contributed by atoms with van der Waals surface area (Å²) in [5, 5.41) is 4.69. The maximum Gasteiger partial charge on any atom is 0.416 e. The number of benzene rings is 3. The van der Waals surface area contributed by atoms with Gasteiger partial charge < -0.3 is 10.2 Å². The summed E-state index contributed by atoms with van der Waals surface area (Å²) in [7, 11) is 0. The number of hydrogen-bond acceptors (Lipinski definition) is 3. The first kappa shape index (κ1) is 31.7. The number of carbonyl (C=O) groups excluding carboxylic acids is 1. The van der Waals surface area contributed by atoms with Gasteiger partial charge in [-0.2, -0.15) is 13.2 Å². The molecule has 1 amide bonds. The number of fused-ring (bicyclic) bond motifs is 1. The minimum Gasteiger partial charge on any atom is -0.372 e. The molecule has 0 atom stereocenters. The molecule has 1 aliphatic rings. The van der Waals surface area contributed by atoms with Crippen LogP contribution in [0.15, 0.2) is 103 Å². The quantitative estimate of drug-likeness (QED) is 0.178. The summed E-state index contributed by atoms with van der Waals surface area (Å²) in [6, 6.07) is 20.6. The minimum absolute atomic E-state index is 0. The summed E-state index contributed by atoms with van der Waals surface area (Å²) in [4.78, 5) is 19.2. The van der Waals surface area contributed by atoms with Crippen molar-refractivity contribution in [3.8, 4) is 0 Å². The van der Waals surface area contributed by atoms with Gasteiger partial charge in [0.05, 0.1) is 5.56 Å². The van der Waals surface area contributed by atoms with Gasteiger partial charge in [-0.1, -0.05) is 48.6 Å². The van der Waals surface area contributed by atoms with Crippen LogP contribution in [0, 0.1) is 0 Å². The van der Waals surface area contributed by atoms with Crippen LogP contribution in [0.3, 0.4) is 0 Å². The van der Waals surface area contributed by atoms with Crippen molar-refractivity contribution in [3.05, 3.63) is 120 Å². The minimum atomic E-state index is -4.41. The summed E-state index contributed by atoms with van der Waals surface area (Å²) >= 11 is 0. The van der Waals surface area contributed by atoms with E-state index in [0.29, 0.717) is 16.8 Å². The topological polar surface area (TPSA) is 45.2 Å². The van der Waals surface area contributed by atoms with E-state index in [0.717, 1.165) is 47.2 Å². The van der Waals surface area contributed by atoms with Gasteiger partial charge in [0.25, 0.3) is 0 Å². The molecule has 0 radical (unpaired) electrons. The maximum atomic E-state index is 13.2. The first-order chi connectivity index (χ1) is 18.9. The smallest absolute Gasteiger partial charge is 0.372 e. The monoisotopic (exact) mass is 599 g/mol. The van der Waals surface area contributed by atoms with Gasteiger partial charge in [-0.3, -0.25) is 9.78 Å². The van der Waals surface area contributed by atoms with Crippen LogP contribution < -0.4 is 10.2 Å². The van der Waals surface area contributed by atoms with Crippen molar-refractivity contribution in [2.24, 2.45) is 0 Å². The van der Waals surface area contributed by atoms with Crippen LogP contribution in [0.5, 0.6) is 0 Å². The molecule has 1 saturated heterocycles. The molecule has 4 nitrogen and oxygen atoms in total. The number of piperidine rings is 1. The molecule has 0 saturated carbocycles. The fourth-order valence-corrected chi connectivity index (χ4v) is 4.84. The number of halogens is 5. The Morgan fingerprint density at radius 1 is 0.854 bits per heavy atom. The average molecular weight is 601 g/mol. The lowest BCUT2D eigenvalue weighted by Crippen LogP contribution is -2.29. The Balaban J connectivity index is 0.00000231. The van der Waals surface area contributed by atoms with Crippen LogP contribution >= 0.6 is 24.8 Å². The molecule has 1 N–H and O–H groups in total. The van der Waals surface area contributed by atoms with E-state index in [1.807, 2.05) is 48.5 Å². The molecule has 5 rings (SSSR count). The molecule has 0 spiro atoms. The number of carbonyl (C=O) groups is 1. The molecule has 214 valence electrons. The van der Waals surface area contributed by atoms with Crippen molar-refractivity contribution in [1.29, 1.82) is 0 Å². The molecule has 1 aliphatic heterocycles. The van der Waals surface area contributed by atoms with E-state index in [1.165, 1.54) is 37.5 Å². The first-order valence-electron chi connectivity index (χ1n) is 12.9. The first-order valence-corrected chi connectivity index (χ1v) is 12.9. The van der Waals surface area contributed by atoms with Crippen molar-refractivity contribution >= 4 is 58.4 Å². The Morgan fingerprint density at radius 3 is 2.17 bits per heavy atom. The van der Waals surface area contributed by atoms with E-state index in [4.69, 9.17) is 0 Å². The van der Waals surface area contributed by atoms with Crippen LogP contribution in [0.25, 0.3) is 16.3 Å². The van der Waals surface area contributed by atoms with Crippen molar-refractivity contribution in [2.45, 2.75) is 25.4 Å². The third kappa shape index (κ3) is 7.90. The standard InChI is InChI=1S/C32H28F3N3O.2ClH/c33-32(34,35)26-14-10-23(11-15-26)28(24-12-16-27(17-13-24)38-20-2-1-3-21-38)7-5-9-31(39)37-30-8-4-6-25-22-36-19-18-29(25)30;;/h4-19,22H,1-3,20-21H2,(H,37,39);2*1H/b9-5+,28-7+;;. The molecule has 0 aliphatic carbocycles. The number of rotatable bonds is 6. The summed E-state index contributed by atoms with van der Waals surface area (Å²) in [5.41, 5.74) is 3.29. The lowest BCUT2D eigenvalue weighted by atomic mass is 9.96. The van der Waals surface area contributed by atoms with E-state index in [2.05, 4.69) is 15.2 Å². The van der Waals surface area contributed by atoms with Crippen LogP contribution in [0.4, 0.5) is 24.5 Å². The summed E-state index contributed by atoms with van der Waals surface area (Å²) < 4.78 is 39.5. The number of aromatic nitrogens is 1. The Bertz CT molecular complexity index is 1510. The number of anilines is 2. The van der Waals surface area contributed by atoms with E-state index in [9.17, 15) is 18.0 Å². The number of hydrogen-bond donors (Lipinski definition) is 1. The highest BCUT2D eigenvalue weighted by Crippen LogP contribution is 2.32. The zero-order valence-corrected chi connectivity index (χ0v) is 23.7. The average Bonchev–Trinajstić information content (AvgIpc) is 2.96. The number of nitrogens with zero attached hydrogens (tertiary/aromatic N) is 2. The van der Waals surface area contributed by atoms with Gasteiger partial charge in [0.15, 0.2) is 0 Å². The fourth-order valence-electron chi connectivity index (χ4n) is 4.84. The van der Waals surface area contributed by atoms with E-state index < -0.39 is 11.7 Å². The number of allylic oxidation sites excluding steroid dienone is 2. The van der Waals surface area contributed by atoms with Crippen molar-refractivity contribution < 1.29 is 18.0 Å². The highest BCUT2D eigenvalue weighted by molar-refractivity contribution is 6.06. The lowest BCUT2D eigenvalue weighted by molar-refractivity contribution is -0.137. The van der Waals surface area contributed by atoms with Gasteiger partial charge >= 0.3 is 6.18 Å². The molecule has 41 heavy (non-hydrogen) atoms. The predicted molar refractivity (Wildman–Crippen MR) is 165 cm³/mol. The normalized spacial score (nSPS) is 13.9. The van der Waals surface area contributed by atoms with Crippen LogP contribution in [0.1, 0.15) is 36.0 Å². The Kier molecular flexibility index (Phi) is 11.0. The Hall–Kier alpha value is -3.81. The van der Waals surface area contributed by atoms with Gasteiger partial charge in [-0.15, -0.1) is 24.8 Å². The number of amides is 1. The Labute approximate surface area is 249 Å². The van der Waals surface area contributed by atoms with Crippen LogP contribution in [-0.4, -0.2) is 24.0 Å². The number of pyridine rings is 1. The lowest BCUT2D eigenvalue weighted by Gasteiger charge is -2.29.